The second-order valence-corrected chi connectivity index (χ2v) is 7.51. The number of rotatable bonds is 9. The number of aromatic hydroxyl groups is 1. The van der Waals surface area contributed by atoms with E-state index in [2.05, 4.69) is 32.7 Å². The third kappa shape index (κ3) is 7.94. The van der Waals surface area contributed by atoms with Gasteiger partial charge in [-0.15, -0.1) is 24.0 Å². The van der Waals surface area contributed by atoms with Gasteiger partial charge in [0.2, 0.25) is 0 Å². The number of hydrogen-bond donors (Lipinski definition) is 3. The Kier molecular flexibility index (Phi) is 11.6. The predicted molar refractivity (Wildman–Crippen MR) is 141 cm³/mol. The van der Waals surface area contributed by atoms with Crippen LogP contribution in [0.25, 0.3) is 0 Å². The monoisotopic (exact) mass is 570 g/mol. The van der Waals surface area contributed by atoms with Crippen LogP contribution in [0.15, 0.2) is 47.5 Å². The van der Waals surface area contributed by atoms with Crippen molar-refractivity contribution in [1.29, 1.82) is 0 Å². The van der Waals surface area contributed by atoms with E-state index in [1.54, 1.807) is 32.4 Å². The number of phenolic OH excluding ortho intramolecular Hbond substituents is 1. The number of nitrogens with one attached hydrogen (secondary N) is 2. The first-order chi connectivity index (χ1) is 15.6. The SMILES string of the molecule is CCNC(=NCc1cc(OC)ccc1O)NCC(c1ccc(OC)cc1)N1CCOCC1.I. The zero-order chi connectivity index (χ0) is 22.8. The van der Waals surface area contributed by atoms with Crippen molar-refractivity contribution < 1.29 is 19.3 Å². The highest BCUT2D eigenvalue weighted by molar-refractivity contribution is 14.0. The fraction of sp³-hybridized carbons (Fsp3) is 0.458. The summed E-state index contributed by atoms with van der Waals surface area (Å²) in [6, 6.07) is 13.5. The van der Waals surface area contributed by atoms with Crippen LogP contribution in [0.4, 0.5) is 0 Å². The summed E-state index contributed by atoms with van der Waals surface area (Å²) in [5, 5.41) is 16.9. The molecule has 1 unspecified atom stereocenters. The minimum absolute atomic E-state index is 0. The number of morpholine rings is 1. The van der Waals surface area contributed by atoms with Gasteiger partial charge in [0.15, 0.2) is 5.96 Å². The minimum atomic E-state index is 0. The standard InChI is InChI=1S/C24H34N4O4.HI/c1-4-25-24(26-16-19-15-21(31-3)9-10-23(19)29)27-17-22(28-11-13-32-14-12-28)18-5-7-20(30-2)8-6-18;/h5-10,15,22,29H,4,11-14,16-17H2,1-3H3,(H2,25,26,27);1H. The molecule has 0 amide bonds. The molecule has 1 fully saturated rings. The van der Waals surface area contributed by atoms with Gasteiger partial charge in [0.05, 0.1) is 40.0 Å². The van der Waals surface area contributed by atoms with Crippen LogP contribution in [0, 0.1) is 0 Å². The largest absolute Gasteiger partial charge is 0.508 e. The first-order valence-electron chi connectivity index (χ1n) is 11.0. The maximum absolute atomic E-state index is 10.2. The lowest BCUT2D eigenvalue weighted by Crippen LogP contribution is -2.46. The molecule has 1 saturated heterocycles. The van der Waals surface area contributed by atoms with Gasteiger partial charge in [0, 0.05) is 31.7 Å². The lowest BCUT2D eigenvalue weighted by Gasteiger charge is -2.35. The summed E-state index contributed by atoms with van der Waals surface area (Å²) in [5.74, 6) is 2.43. The van der Waals surface area contributed by atoms with Gasteiger partial charge in [0.25, 0.3) is 0 Å². The van der Waals surface area contributed by atoms with E-state index in [9.17, 15) is 5.11 Å². The topological polar surface area (TPSA) is 87.6 Å². The summed E-state index contributed by atoms with van der Waals surface area (Å²) in [4.78, 5) is 7.10. The molecular formula is C24H35IN4O4. The number of phenols is 1. The smallest absolute Gasteiger partial charge is 0.191 e. The first kappa shape index (κ1) is 27.0. The summed E-state index contributed by atoms with van der Waals surface area (Å²) >= 11 is 0. The van der Waals surface area contributed by atoms with Crippen molar-refractivity contribution in [3.8, 4) is 17.2 Å². The average Bonchev–Trinajstić information content (AvgIpc) is 2.84. The normalized spacial score (nSPS) is 15.3. The van der Waals surface area contributed by atoms with Gasteiger partial charge in [-0.3, -0.25) is 4.90 Å². The number of hydrogen-bond acceptors (Lipinski definition) is 6. The summed E-state index contributed by atoms with van der Waals surface area (Å²) < 4.78 is 16.1. The Morgan fingerprint density at radius 3 is 2.36 bits per heavy atom. The Hall–Kier alpha value is -2.24. The fourth-order valence-corrected chi connectivity index (χ4v) is 3.69. The number of benzene rings is 2. The Labute approximate surface area is 213 Å². The van der Waals surface area contributed by atoms with Crippen molar-refractivity contribution in [2.75, 3.05) is 53.6 Å². The molecule has 0 aliphatic carbocycles. The van der Waals surface area contributed by atoms with Gasteiger partial charge >= 0.3 is 0 Å². The molecule has 0 saturated carbocycles. The zero-order valence-electron chi connectivity index (χ0n) is 19.5. The molecule has 1 atom stereocenters. The fourth-order valence-electron chi connectivity index (χ4n) is 3.69. The summed E-state index contributed by atoms with van der Waals surface area (Å²) in [7, 11) is 3.28. The van der Waals surface area contributed by atoms with Gasteiger partial charge < -0.3 is 30.0 Å². The van der Waals surface area contributed by atoms with E-state index >= 15 is 0 Å². The van der Waals surface area contributed by atoms with E-state index in [-0.39, 0.29) is 35.8 Å². The number of aliphatic imine (C=N–C) groups is 1. The van der Waals surface area contributed by atoms with E-state index < -0.39 is 0 Å². The highest BCUT2D eigenvalue weighted by Gasteiger charge is 2.23. The van der Waals surface area contributed by atoms with Crippen molar-refractivity contribution >= 4 is 29.9 Å². The quantitative estimate of drug-likeness (QED) is 0.243. The van der Waals surface area contributed by atoms with E-state index in [1.165, 1.54) is 5.56 Å². The van der Waals surface area contributed by atoms with E-state index in [0.29, 0.717) is 30.4 Å². The Bertz CT molecular complexity index is 873. The lowest BCUT2D eigenvalue weighted by atomic mass is 10.0. The molecule has 182 valence electrons. The molecule has 2 aromatic rings. The van der Waals surface area contributed by atoms with Crippen molar-refractivity contribution in [3.05, 3.63) is 53.6 Å². The second kappa shape index (κ2) is 14.1. The molecule has 9 heteroatoms. The second-order valence-electron chi connectivity index (χ2n) is 7.51. The van der Waals surface area contributed by atoms with Crippen molar-refractivity contribution in [1.82, 2.24) is 15.5 Å². The first-order valence-corrected chi connectivity index (χ1v) is 11.0. The van der Waals surface area contributed by atoms with Crippen molar-refractivity contribution in [2.24, 2.45) is 4.99 Å². The third-order valence-electron chi connectivity index (χ3n) is 5.49. The van der Waals surface area contributed by atoms with E-state index in [0.717, 1.165) is 38.6 Å². The van der Waals surface area contributed by atoms with Gasteiger partial charge in [0.1, 0.15) is 17.2 Å². The Morgan fingerprint density at radius 2 is 1.73 bits per heavy atom. The van der Waals surface area contributed by atoms with Crippen molar-refractivity contribution in [2.45, 2.75) is 19.5 Å². The molecule has 3 rings (SSSR count). The van der Waals surface area contributed by atoms with Gasteiger partial charge in [-0.25, -0.2) is 4.99 Å². The van der Waals surface area contributed by atoms with Crippen LogP contribution in [-0.2, 0) is 11.3 Å². The van der Waals surface area contributed by atoms with Crippen LogP contribution in [0.5, 0.6) is 17.2 Å². The number of ether oxygens (including phenoxy) is 3. The number of guanidine groups is 1. The maximum atomic E-state index is 10.2. The third-order valence-corrected chi connectivity index (χ3v) is 5.49. The van der Waals surface area contributed by atoms with Crippen LogP contribution in [0.3, 0.4) is 0 Å². The van der Waals surface area contributed by atoms with Crippen LogP contribution in [0.1, 0.15) is 24.1 Å². The zero-order valence-corrected chi connectivity index (χ0v) is 21.9. The molecule has 8 nitrogen and oxygen atoms in total. The highest BCUT2D eigenvalue weighted by Crippen LogP contribution is 2.25. The Morgan fingerprint density at radius 1 is 1.06 bits per heavy atom. The number of methoxy groups -OCH3 is 2. The van der Waals surface area contributed by atoms with Crippen LogP contribution >= 0.6 is 24.0 Å². The molecule has 1 heterocycles. The molecular weight excluding hydrogens is 535 g/mol. The molecule has 0 bridgehead atoms. The van der Waals surface area contributed by atoms with Crippen LogP contribution < -0.4 is 20.1 Å². The van der Waals surface area contributed by atoms with E-state index in [1.807, 2.05) is 19.1 Å². The van der Waals surface area contributed by atoms with Crippen LogP contribution in [0.2, 0.25) is 0 Å². The van der Waals surface area contributed by atoms with Gasteiger partial charge in [-0.2, -0.15) is 0 Å². The van der Waals surface area contributed by atoms with Crippen molar-refractivity contribution in [3.63, 3.8) is 0 Å². The van der Waals surface area contributed by atoms with Gasteiger partial charge in [-0.05, 0) is 42.8 Å². The summed E-state index contributed by atoms with van der Waals surface area (Å²) in [5.41, 5.74) is 1.92. The van der Waals surface area contributed by atoms with Gasteiger partial charge in [-0.1, -0.05) is 12.1 Å². The maximum Gasteiger partial charge on any atom is 0.191 e. The highest BCUT2D eigenvalue weighted by atomic mass is 127. The summed E-state index contributed by atoms with van der Waals surface area (Å²) in [6.07, 6.45) is 0. The summed E-state index contributed by atoms with van der Waals surface area (Å²) in [6.45, 7) is 7.01. The average molecular weight is 570 g/mol. The molecule has 0 spiro atoms. The molecule has 1 aliphatic heterocycles. The molecule has 2 aromatic carbocycles. The molecule has 3 N–H and O–H groups in total. The Balaban J connectivity index is 0.00000385. The molecule has 0 radical (unpaired) electrons. The van der Waals surface area contributed by atoms with Crippen LogP contribution in [-0.4, -0.2) is 69.6 Å². The number of nitrogens with zero attached hydrogens (tertiary/aromatic N) is 2. The molecule has 0 aromatic heterocycles. The molecule has 1 aliphatic rings. The number of halogens is 1. The lowest BCUT2D eigenvalue weighted by molar-refractivity contribution is 0.0170. The predicted octanol–water partition coefficient (Wildman–Crippen LogP) is 3.16. The van der Waals surface area contributed by atoms with E-state index in [4.69, 9.17) is 14.2 Å². The molecule has 33 heavy (non-hydrogen) atoms. The minimum Gasteiger partial charge on any atom is -0.508 e.